The minimum absolute atomic E-state index is 0.0795. The molecule has 1 aromatic carbocycles. The fourth-order valence-electron chi connectivity index (χ4n) is 3.16. The maximum atomic E-state index is 12.4. The highest BCUT2D eigenvalue weighted by atomic mass is 32.2. The molecule has 0 unspecified atom stereocenters. The number of carboxylic acid groups (broad SMARTS) is 2. The number of hydrogen-bond donors (Lipinski definition) is 4. The number of carbonyl (C=O) groups is 2. The van der Waals surface area contributed by atoms with E-state index in [0.717, 1.165) is 41.3 Å². The second-order valence-corrected chi connectivity index (χ2v) is 8.85. The van der Waals surface area contributed by atoms with Crippen molar-refractivity contribution in [2.45, 2.75) is 37.9 Å². The summed E-state index contributed by atoms with van der Waals surface area (Å²) < 4.78 is 26.4. The van der Waals surface area contributed by atoms with Gasteiger partial charge in [-0.25, -0.2) is 12.7 Å². The van der Waals surface area contributed by atoms with Crippen LogP contribution in [0.2, 0.25) is 0 Å². The molecular weight excluding hydrogens is 398 g/mol. The van der Waals surface area contributed by atoms with Crippen molar-refractivity contribution in [3.8, 4) is 0 Å². The molecule has 0 radical (unpaired) electrons. The minimum atomic E-state index is -3.19. The van der Waals surface area contributed by atoms with Gasteiger partial charge in [-0.05, 0) is 49.1 Å². The summed E-state index contributed by atoms with van der Waals surface area (Å²) in [5.41, 5.74) is 8.63. The maximum Gasteiger partial charge on any atom is 0.303 e. The van der Waals surface area contributed by atoms with Crippen LogP contribution in [-0.4, -0.2) is 59.5 Å². The normalized spacial score (nSPS) is 14.5. The van der Waals surface area contributed by atoms with Gasteiger partial charge in [-0.1, -0.05) is 6.07 Å². The number of sulfonamides is 1. The summed E-state index contributed by atoms with van der Waals surface area (Å²) in [6, 6.07) is 5.81. The predicted octanol–water partition coefficient (Wildman–Crippen LogP) is 1.53. The molecule has 0 spiro atoms. The van der Waals surface area contributed by atoms with Crippen LogP contribution >= 0.6 is 0 Å². The number of hydrogen-bond acceptors (Lipinski definition) is 5. The number of benzene rings is 1. The van der Waals surface area contributed by atoms with E-state index in [2.05, 4.69) is 4.98 Å². The number of fused-ring (bicyclic) bond motifs is 1. The van der Waals surface area contributed by atoms with Crippen LogP contribution in [-0.2, 0) is 31.8 Å². The summed E-state index contributed by atoms with van der Waals surface area (Å²) in [6.07, 6.45) is 4.09. The fourth-order valence-corrected chi connectivity index (χ4v) is 4.76. The van der Waals surface area contributed by atoms with E-state index in [1.807, 2.05) is 24.4 Å². The molecule has 3 rings (SSSR count). The number of carboxylic acids is 2. The average molecular weight is 426 g/mol. The molecule has 160 valence electrons. The smallest absolute Gasteiger partial charge is 0.303 e. The highest BCUT2D eigenvalue weighted by Gasteiger charge is 2.25. The zero-order chi connectivity index (χ0) is 21.4. The van der Waals surface area contributed by atoms with Gasteiger partial charge < -0.3 is 20.9 Å². The van der Waals surface area contributed by atoms with Crippen molar-refractivity contribution in [3.05, 3.63) is 35.5 Å². The molecule has 1 aliphatic heterocycles. The quantitative estimate of drug-likeness (QED) is 0.500. The van der Waals surface area contributed by atoms with E-state index in [4.69, 9.17) is 15.9 Å². The Bertz CT molecular complexity index is 934. The number of nitrogens with two attached hydrogens (primary N) is 1. The fraction of sp³-hybridized carbons (Fsp3) is 0.474. The molecule has 0 bridgehead atoms. The number of nitrogens with zero attached hydrogens (tertiary/aromatic N) is 1. The van der Waals surface area contributed by atoms with E-state index in [1.54, 1.807) is 4.31 Å². The summed E-state index contributed by atoms with van der Waals surface area (Å²) >= 11 is 0. The molecule has 9 nitrogen and oxygen atoms in total. The van der Waals surface area contributed by atoms with Crippen molar-refractivity contribution >= 4 is 32.9 Å². The van der Waals surface area contributed by atoms with Gasteiger partial charge in [-0.15, -0.1) is 0 Å². The number of aromatic amines is 1. The first-order valence-electron chi connectivity index (χ1n) is 9.43. The average Bonchev–Trinajstić information content (AvgIpc) is 3.32. The summed E-state index contributed by atoms with van der Waals surface area (Å²) in [6.45, 7) is 1.91. The van der Waals surface area contributed by atoms with E-state index in [-0.39, 0.29) is 18.6 Å². The lowest BCUT2D eigenvalue weighted by atomic mass is 10.1. The van der Waals surface area contributed by atoms with Crippen molar-refractivity contribution < 1.29 is 28.2 Å². The monoisotopic (exact) mass is 425 g/mol. The summed E-state index contributed by atoms with van der Waals surface area (Å²) in [5.74, 6) is -2.07. The second-order valence-electron chi connectivity index (χ2n) is 6.88. The number of nitrogens with one attached hydrogen (secondary N) is 1. The molecule has 1 saturated heterocycles. The van der Waals surface area contributed by atoms with E-state index >= 15 is 0 Å². The van der Waals surface area contributed by atoms with Crippen LogP contribution in [0.4, 0.5) is 0 Å². The van der Waals surface area contributed by atoms with Gasteiger partial charge >= 0.3 is 11.9 Å². The summed E-state index contributed by atoms with van der Waals surface area (Å²) in [5, 5.41) is 16.9. The molecule has 5 N–H and O–H groups in total. The van der Waals surface area contributed by atoms with Gasteiger partial charge in [0.15, 0.2) is 0 Å². The number of aromatic nitrogens is 1. The van der Waals surface area contributed by atoms with Gasteiger partial charge in [-0.2, -0.15) is 0 Å². The largest absolute Gasteiger partial charge is 0.481 e. The Morgan fingerprint density at radius 2 is 1.72 bits per heavy atom. The molecule has 1 aromatic heterocycles. The lowest BCUT2D eigenvalue weighted by molar-refractivity contribution is -0.143. The zero-order valence-corrected chi connectivity index (χ0v) is 17.0. The van der Waals surface area contributed by atoms with E-state index < -0.39 is 22.0 Å². The third-order valence-corrected chi connectivity index (χ3v) is 6.46. The van der Waals surface area contributed by atoms with Gasteiger partial charge in [0.1, 0.15) is 0 Å². The Kier molecular flexibility index (Phi) is 8.18. The third kappa shape index (κ3) is 6.84. The first-order valence-corrected chi connectivity index (χ1v) is 11.0. The van der Waals surface area contributed by atoms with Crippen molar-refractivity contribution in [1.29, 1.82) is 0 Å². The van der Waals surface area contributed by atoms with Crippen molar-refractivity contribution in [2.75, 3.05) is 19.6 Å². The Labute approximate surface area is 169 Å². The van der Waals surface area contributed by atoms with Gasteiger partial charge in [0.25, 0.3) is 0 Å². The molecule has 1 fully saturated rings. The Morgan fingerprint density at radius 1 is 1.10 bits per heavy atom. The van der Waals surface area contributed by atoms with Crippen molar-refractivity contribution in [1.82, 2.24) is 9.29 Å². The Balaban J connectivity index is 0.000000321. The molecule has 0 saturated carbocycles. The molecule has 2 heterocycles. The van der Waals surface area contributed by atoms with Crippen LogP contribution < -0.4 is 5.73 Å². The molecule has 0 atom stereocenters. The van der Waals surface area contributed by atoms with Crippen LogP contribution in [0.25, 0.3) is 10.9 Å². The first kappa shape index (κ1) is 22.9. The van der Waals surface area contributed by atoms with E-state index in [1.165, 1.54) is 0 Å². The third-order valence-electron chi connectivity index (χ3n) is 4.61. The summed E-state index contributed by atoms with van der Waals surface area (Å²) in [4.78, 5) is 22.5. The number of H-pyrrole nitrogens is 1. The van der Waals surface area contributed by atoms with Crippen molar-refractivity contribution in [2.24, 2.45) is 5.73 Å². The molecule has 0 aliphatic carbocycles. The molecule has 0 amide bonds. The molecule has 10 heteroatoms. The highest BCUT2D eigenvalue weighted by molar-refractivity contribution is 7.88. The first-order chi connectivity index (χ1) is 13.7. The molecule has 29 heavy (non-hydrogen) atoms. The van der Waals surface area contributed by atoms with Crippen LogP contribution in [0.1, 0.15) is 36.8 Å². The minimum Gasteiger partial charge on any atom is -0.481 e. The van der Waals surface area contributed by atoms with Gasteiger partial charge in [0.05, 0.1) is 18.6 Å². The highest BCUT2D eigenvalue weighted by Crippen LogP contribution is 2.23. The van der Waals surface area contributed by atoms with Crippen molar-refractivity contribution in [3.63, 3.8) is 0 Å². The lowest BCUT2D eigenvalue weighted by Crippen LogP contribution is -2.29. The molecule has 1 aliphatic rings. The number of aliphatic carboxylic acids is 2. The zero-order valence-electron chi connectivity index (χ0n) is 16.1. The predicted molar refractivity (Wildman–Crippen MR) is 109 cm³/mol. The SMILES string of the molecule is NCCc1c[nH]c2ccc(CS(=O)(=O)N3CCCC3)cc12.O=C(O)CCC(=O)O. The van der Waals surface area contributed by atoms with E-state index in [0.29, 0.717) is 19.6 Å². The van der Waals surface area contributed by atoms with Crippen LogP contribution in [0, 0.1) is 0 Å². The lowest BCUT2D eigenvalue weighted by Gasteiger charge is -2.15. The van der Waals surface area contributed by atoms with Crippen LogP contribution in [0.15, 0.2) is 24.4 Å². The van der Waals surface area contributed by atoms with E-state index in [9.17, 15) is 18.0 Å². The van der Waals surface area contributed by atoms with Gasteiger partial charge in [-0.3, -0.25) is 9.59 Å². The topological polar surface area (TPSA) is 154 Å². The molecule has 2 aromatic rings. The Hall–Kier alpha value is -2.43. The second kappa shape index (κ2) is 10.4. The number of rotatable bonds is 8. The van der Waals surface area contributed by atoms with Gasteiger partial charge in [0.2, 0.25) is 10.0 Å². The Morgan fingerprint density at radius 3 is 2.28 bits per heavy atom. The summed E-state index contributed by atoms with van der Waals surface area (Å²) in [7, 11) is -3.19. The van der Waals surface area contributed by atoms with Crippen LogP contribution in [0.3, 0.4) is 0 Å². The van der Waals surface area contributed by atoms with Crippen LogP contribution in [0.5, 0.6) is 0 Å². The molecular formula is C19H27N3O6S. The maximum absolute atomic E-state index is 12.4. The van der Waals surface area contributed by atoms with Gasteiger partial charge in [0, 0.05) is 30.2 Å². The standard InChI is InChI=1S/C15H21N3O2S.C4H6O4/c16-6-5-13-10-17-15-4-3-12(9-14(13)15)11-21(19,20)18-7-1-2-8-18;5-3(6)1-2-4(7)8/h3-4,9-10,17H,1-2,5-8,11,16H2;1-2H2,(H,5,6)(H,7,8).